The molecule has 0 spiro atoms. The Bertz CT molecular complexity index is 940. The Hall–Kier alpha value is -3.19. The normalized spacial score (nSPS) is 10.4. The molecule has 0 aliphatic heterocycles. The highest BCUT2D eigenvalue weighted by molar-refractivity contribution is 6.30. The maximum atomic E-state index is 13.0. The molecule has 1 N–H and O–H groups in total. The Morgan fingerprint density at radius 2 is 1.81 bits per heavy atom. The lowest BCUT2D eigenvalue weighted by Gasteiger charge is -2.09. The molecule has 3 aromatic rings. The molecular formula is C19H15ClFN3O3. The minimum atomic E-state index is -0.710. The molecule has 1 aromatic heterocycles. The second-order valence-corrected chi connectivity index (χ2v) is 6.04. The number of hydrogen-bond donors (Lipinski definition) is 1. The zero-order valence-corrected chi connectivity index (χ0v) is 14.8. The molecular weight excluding hydrogens is 373 g/mol. The Morgan fingerprint density at radius 1 is 1.11 bits per heavy atom. The van der Waals surface area contributed by atoms with E-state index in [-0.39, 0.29) is 11.5 Å². The second-order valence-electron chi connectivity index (χ2n) is 5.60. The van der Waals surface area contributed by atoms with Crippen molar-refractivity contribution in [1.82, 2.24) is 14.9 Å². The van der Waals surface area contributed by atoms with Crippen LogP contribution in [0.3, 0.4) is 0 Å². The van der Waals surface area contributed by atoms with Crippen molar-refractivity contribution in [2.75, 3.05) is 6.61 Å². The van der Waals surface area contributed by atoms with Gasteiger partial charge in [0.25, 0.3) is 5.91 Å². The summed E-state index contributed by atoms with van der Waals surface area (Å²) in [7, 11) is 0. The first kappa shape index (κ1) is 18.6. The van der Waals surface area contributed by atoms with Crippen molar-refractivity contribution >= 4 is 23.5 Å². The Balaban J connectivity index is 1.55. The summed E-state index contributed by atoms with van der Waals surface area (Å²) in [4.78, 5) is 28.0. The van der Waals surface area contributed by atoms with Gasteiger partial charge in [-0.15, -0.1) is 0 Å². The summed E-state index contributed by atoms with van der Waals surface area (Å²) in [5.41, 5.74) is 1.55. The van der Waals surface area contributed by atoms with Crippen molar-refractivity contribution in [3.8, 4) is 5.69 Å². The zero-order valence-electron chi connectivity index (χ0n) is 14.1. The van der Waals surface area contributed by atoms with Gasteiger partial charge in [-0.05, 0) is 42.0 Å². The molecule has 0 unspecified atom stereocenters. The SMILES string of the molecule is O=C(COC(=O)c1cncn1-c1ccc(F)cc1)NCc1ccc(Cl)cc1. The van der Waals surface area contributed by atoms with E-state index in [1.807, 2.05) is 0 Å². The summed E-state index contributed by atoms with van der Waals surface area (Å²) in [6, 6.07) is 12.6. The molecule has 0 bridgehead atoms. The number of nitrogens with one attached hydrogen (secondary N) is 1. The molecule has 1 heterocycles. The number of amides is 1. The third-order valence-corrected chi connectivity index (χ3v) is 3.94. The molecule has 0 fully saturated rings. The largest absolute Gasteiger partial charge is 0.451 e. The molecule has 27 heavy (non-hydrogen) atoms. The van der Waals surface area contributed by atoms with E-state index < -0.39 is 18.5 Å². The lowest BCUT2D eigenvalue weighted by atomic mass is 10.2. The highest BCUT2D eigenvalue weighted by atomic mass is 35.5. The predicted molar refractivity (Wildman–Crippen MR) is 97.1 cm³/mol. The van der Waals surface area contributed by atoms with Crippen molar-refractivity contribution in [3.63, 3.8) is 0 Å². The summed E-state index contributed by atoms with van der Waals surface area (Å²) < 4.78 is 19.5. The highest BCUT2D eigenvalue weighted by Gasteiger charge is 2.16. The lowest BCUT2D eigenvalue weighted by Crippen LogP contribution is -2.28. The van der Waals surface area contributed by atoms with Gasteiger partial charge in [-0.1, -0.05) is 23.7 Å². The van der Waals surface area contributed by atoms with Crippen LogP contribution >= 0.6 is 11.6 Å². The molecule has 0 aliphatic carbocycles. The number of esters is 1. The third-order valence-electron chi connectivity index (χ3n) is 3.69. The van der Waals surface area contributed by atoms with E-state index >= 15 is 0 Å². The van der Waals surface area contributed by atoms with Crippen molar-refractivity contribution in [1.29, 1.82) is 0 Å². The topological polar surface area (TPSA) is 73.2 Å². The van der Waals surface area contributed by atoms with Crippen molar-refractivity contribution in [3.05, 3.63) is 83.2 Å². The number of nitrogens with zero attached hydrogens (tertiary/aromatic N) is 2. The quantitative estimate of drug-likeness (QED) is 0.659. The van der Waals surface area contributed by atoms with Crippen LogP contribution in [0.25, 0.3) is 5.69 Å². The monoisotopic (exact) mass is 387 g/mol. The van der Waals surface area contributed by atoms with Gasteiger partial charge in [0.1, 0.15) is 5.82 Å². The molecule has 8 heteroatoms. The van der Waals surface area contributed by atoms with Crippen LogP contribution in [0.15, 0.2) is 61.1 Å². The minimum Gasteiger partial charge on any atom is -0.451 e. The van der Waals surface area contributed by atoms with Crippen LogP contribution in [0, 0.1) is 5.82 Å². The summed E-state index contributed by atoms with van der Waals surface area (Å²) >= 11 is 5.80. The summed E-state index contributed by atoms with van der Waals surface area (Å²) in [5.74, 6) is -1.54. The van der Waals surface area contributed by atoms with Gasteiger partial charge in [-0.25, -0.2) is 14.2 Å². The smallest absolute Gasteiger partial charge is 0.357 e. The van der Waals surface area contributed by atoms with E-state index in [9.17, 15) is 14.0 Å². The van der Waals surface area contributed by atoms with Crippen molar-refractivity contribution in [2.24, 2.45) is 0 Å². The van der Waals surface area contributed by atoms with Crippen molar-refractivity contribution < 1.29 is 18.7 Å². The van der Waals surface area contributed by atoms with Gasteiger partial charge >= 0.3 is 5.97 Å². The summed E-state index contributed by atoms with van der Waals surface area (Å²) in [6.45, 7) is -0.137. The van der Waals surface area contributed by atoms with Gasteiger partial charge in [0.2, 0.25) is 0 Å². The molecule has 3 rings (SSSR count). The van der Waals surface area contributed by atoms with E-state index in [2.05, 4.69) is 10.3 Å². The number of aromatic nitrogens is 2. The number of imidazole rings is 1. The Morgan fingerprint density at radius 3 is 2.52 bits per heavy atom. The molecule has 6 nitrogen and oxygen atoms in total. The molecule has 1 amide bonds. The van der Waals surface area contributed by atoms with Gasteiger partial charge in [-0.2, -0.15) is 0 Å². The highest BCUT2D eigenvalue weighted by Crippen LogP contribution is 2.13. The van der Waals surface area contributed by atoms with Crippen LogP contribution in [0.2, 0.25) is 5.02 Å². The van der Waals surface area contributed by atoms with E-state index in [4.69, 9.17) is 16.3 Å². The molecule has 138 valence electrons. The first-order chi connectivity index (χ1) is 13.0. The Kier molecular flexibility index (Phi) is 5.83. The maximum Gasteiger partial charge on any atom is 0.357 e. The van der Waals surface area contributed by atoms with Crippen LogP contribution in [-0.4, -0.2) is 28.0 Å². The number of benzene rings is 2. The Labute approximate surface area is 159 Å². The van der Waals surface area contributed by atoms with Crippen LogP contribution in [0.4, 0.5) is 4.39 Å². The number of hydrogen-bond acceptors (Lipinski definition) is 4. The molecule has 2 aromatic carbocycles. The molecule has 0 aliphatic rings. The van der Waals surface area contributed by atoms with Gasteiger partial charge in [-0.3, -0.25) is 9.36 Å². The number of carbonyl (C=O) groups is 2. The van der Waals surface area contributed by atoms with E-state index in [0.29, 0.717) is 17.3 Å². The standard InChI is InChI=1S/C19H15ClFN3O3/c20-14-3-1-13(2-4-14)9-23-18(25)11-27-19(26)17-10-22-12-24(17)16-7-5-15(21)6-8-16/h1-8,10,12H,9,11H2,(H,23,25). The molecule has 0 radical (unpaired) electrons. The fourth-order valence-electron chi connectivity index (χ4n) is 2.31. The molecule has 0 saturated carbocycles. The fraction of sp³-hybridized carbons (Fsp3) is 0.105. The van der Waals surface area contributed by atoms with Gasteiger partial charge in [0.05, 0.1) is 12.5 Å². The average Bonchev–Trinajstić information content (AvgIpc) is 3.16. The number of carbonyl (C=O) groups excluding carboxylic acids is 2. The van der Waals surface area contributed by atoms with Crippen LogP contribution < -0.4 is 5.32 Å². The van der Waals surface area contributed by atoms with Crippen LogP contribution in [-0.2, 0) is 16.1 Å². The van der Waals surface area contributed by atoms with Crippen molar-refractivity contribution in [2.45, 2.75) is 6.54 Å². The average molecular weight is 388 g/mol. The number of rotatable bonds is 6. The first-order valence-electron chi connectivity index (χ1n) is 7.99. The van der Waals surface area contributed by atoms with Crippen LogP contribution in [0.5, 0.6) is 0 Å². The second kappa shape index (κ2) is 8.46. The van der Waals surface area contributed by atoms with Gasteiger partial charge in [0.15, 0.2) is 12.3 Å². The zero-order chi connectivity index (χ0) is 19.2. The summed E-state index contributed by atoms with van der Waals surface area (Å²) in [6.07, 6.45) is 2.72. The van der Waals surface area contributed by atoms with E-state index in [1.54, 1.807) is 24.3 Å². The maximum absolute atomic E-state index is 13.0. The number of halogens is 2. The predicted octanol–water partition coefficient (Wildman–Crippen LogP) is 3.14. The minimum absolute atomic E-state index is 0.132. The van der Waals surface area contributed by atoms with Gasteiger partial charge in [0, 0.05) is 17.3 Å². The van der Waals surface area contributed by atoms with Gasteiger partial charge < -0.3 is 10.1 Å². The van der Waals surface area contributed by atoms with E-state index in [1.165, 1.54) is 41.4 Å². The summed E-state index contributed by atoms with van der Waals surface area (Å²) in [5, 5.41) is 3.26. The first-order valence-corrected chi connectivity index (χ1v) is 8.37. The fourth-order valence-corrected chi connectivity index (χ4v) is 2.44. The molecule has 0 saturated heterocycles. The third kappa shape index (κ3) is 4.92. The molecule has 0 atom stereocenters. The number of ether oxygens (including phenoxy) is 1. The van der Waals surface area contributed by atoms with Crippen LogP contribution in [0.1, 0.15) is 16.1 Å². The lowest BCUT2D eigenvalue weighted by molar-refractivity contribution is -0.124. The van der Waals surface area contributed by atoms with E-state index in [0.717, 1.165) is 5.56 Å².